The molecule has 0 heterocycles. The molecule has 0 radical (unpaired) electrons. The molecule has 1 nitrogen and oxygen atoms in total. The second-order valence-electron chi connectivity index (χ2n) is 4.97. The molecule has 0 aliphatic heterocycles. The van der Waals surface area contributed by atoms with Gasteiger partial charge in [0, 0.05) is 12.3 Å². The van der Waals surface area contributed by atoms with E-state index in [9.17, 15) is 4.79 Å². The van der Waals surface area contributed by atoms with Gasteiger partial charge in [-0.05, 0) is 25.2 Å². The first kappa shape index (κ1) is 12.5. The fourth-order valence-corrected chi connectivity index (χ4v) is 2.14. The van der Waals surface area contributed by atoms with Crippen molar-refractivity contribution in [1.29, 1.82) is 0 Å². The van der Waals surface area contributed by atoms with Crippen LogP contribution in [-0.2, 0) is 4.79 Å². The fourth-order valence-electron chi connectivity index (χ4n) is 2.14. The maximum Gasteiger partial charge on any atom is 0.136 e. The third kappa shape index (κ3) is 5.15. The average Bonchev–Trinajstić information content (AvgIpc) is 2.19. The third-order valence-corrected chi connectivity index (χ3v) is 3.30. The Labute approximate surface area is 93.9 Å². The van der Waals surface area contributed by atoms with Crippen LogP contribution in [-0.4, -0.2) is 5.78 Å². The van der Waals surface area contributed by atoms with Gasteiger partial charge in [-0.25, -0.2) is 0 Å². The summed E-state index contributed by atoms with van der Waals surface area (Å²) in [5.41, 5.74) is 0. The Morgan fingerprint density at radius 3 is 2.67 bits per heavy atom. The maximum atomic E-state index is 11.8. The number of rotatable bonds is 0. The highest BCUT2D eigenvalue weighted by Crippen LogP contribution is 2.18. The van der Waals surface area contributed by atoms with Gasteiger partial charge in [-0.15, -0.1) is 0 Å². The molecule has 0 spiro atoms. The molecule has 2 atom stereocenters. The second kappa shape index (κ2) is 6.81. The number of carbonyl (C=O) groups is 1. The van der Waals surface area contributed by atoms with Gasteiger partial charge in [0.05, 0.1) is 0 Å². The predicted octanol–water partition coefficient (Wildman–Crippen LogP) is 4.13. The Morgan fingerprint density at radius 1 is 1.13 bits per heavy atom. The minimum Gasteiger partial charge on any atom is -0.299 e. The first-order chi connectivity index (χ1) is 7.20. The summed E-state index contributed by atoms with van der Waals surface area (Å²) in [6, 6.07) is 0. The lowest BCUT2D eigenvalue weighted by Crippen LogP contribution is -2.13. The minimum atomic E-state index is 0.278. The van der Waals surface area contributed by atoms with Crippen molar-refractivity contribution in [2.45, 2.75) is 58.8 Å². The zero-order chi connectivity index (χ0) is 11.1. The first-order valence-corrected chi connectivity index (χ1v) is 6.39. The highest BCUT2D eigenvalue weighted by molar-refractivity contribution is 5.80. The van der Waals surface area contributed by atoms with Crippen molar-refractivity contribution >= 4 is 5.78 Å². The van der Waals surface area contributed by atoms with Crippen molar-refractivity contribution < 1.29 is 4.79 Å². The molecule has 0 amide bonds. The molecule has 0 N–H and O–H groups in total. The number of hydrogen-bond acceptors (Lipinski definition) is 1. The molecular formula is C14H24O. The Morgan fingerprint density at radius 2 is 1.87 bits per heavy atom. The Hall–Kier alpha value is -0.590. The molecule has 0 aromatic heterocycles. The number of hydrogen-bond donors (Lipinski definition) is 0. The maximum absolute atomic E-state index is 11.8. The van der Waals surface area contributed by atoms with E-state index < -0.39 is 0 Å². The molecule has 0 aromatic carbocycles. The molecule has 0 fully saturated rings. The molecule has 0 bridgehead atoms. The number of Topliss-reactive ketones (excluding diaryl/α,β-unsaturated/α-hetero) is 1. The van der Waals surface area contributed by atoms with E-state index in [2.05, 4.69) is 26.0 Å². The van der Waals surface area contributed by atoms with E-state index >= 15 is 0 Å². The van der Waals surface area contributed by atoms with E-state index in [0.717, 1.165) is 12.8 Å². The summed E-state index contributed by atoms with van der Waals surface area (Å²) in [5, 5.41) is 0. The van der Waals surface area contributed by atoms with Crippen LogP contribution in [0, 0.1) is 11.8 Å². The van der Waals surface area contributed by atoms with Crippen molar-refractivity contribution in [2.75, 3.05) is 0 Å². The van der Waals surface area contributed by atoms with Crippen LogP contribution in [0.3, 0.4) is 0 Å². The highest BCUT2D eigenvalue weighted by atomic mass is 16.1. The molecule has 86 valence electrons. The van der Waals surface area contributed by atoms with Gasteiger partial charge in [0.15, 0.2) is 0 Å². The molecule has 1 rings (SSSR count). The monoisotopic (exact) mass is 208 g/mol. The predicted molar refractivity (Wildman–Crippen MR) is 64.8 cm³/mol. The van der Waals surface area contributed by atoms with Crippen molar-refractivity contribution in [3.63, 3.8) is 0 Å². The third-order valence-electron chi connectivity index (χ3n) is 3.30. The Bertz CT molecular complexity index is 217. The quantitative estimate of drug-likeness (QED) is 0.547. The highest BCUT2D eigenvalue weighted by Gasteiger charge is 2.14. The fraction of sp³-hybridized carbons (Fsp3) is 0.786. The van der Waals surface area contributed by atoms with Crippen LogP contribution < -0.4 is 0 Å². The lowest BCUT2D eigenvalue weighted by atomic mass is 9.91. The van der Waals surface area contributed by atoms with Gasteiger partial charge >= 0.3 is 0 Å². The molecule has 0 saturated heterocycles. The van der Waals surface area contributed by atoms with Crippen LogP contribution >= 0.6 is 0 Å². The summed E-state index contributed by atoms with van der Waals surface area (Å²) in [4.78, 5) is 11.8. The Balaban J connectivity index is 2.49. The lowest BCUT2D eigenvalue weighted by molar-refractivity contribution is -0.123. The zero-order valence-electron chi connectivity index (χ0n) is 10.2. The molecular weight excluding hydrogens is 184 g/mol. The standard InChI is InChI=1S/C14H24O/c1-12-9-7-5-3-4-6-8-10-13(2)14(15)11-12/h7,9,12-13H,3-6,8,10-11H2,1-2H3. The van der Waals surface area contributed by atoms with E-state index in [4.69, 9.17) is 0 Å². The second-order valence-corrected chi connectivity index (χ2v) is 4.97. The lowest BCUT2D eigenvalue weighted by Gasteiger charge is -2.13. The summed E-state index contributed by atoms with van der Waals surface area (Å²) in [7, 11) is 0. The van der Waals surface area contributed by atoms with E-state index in [1.165, 1.54) is 32.1 Å². The van der Waals surface area contributed by atoms with Gasteiger partial charge in [0.25, 0.3) is 0 Å². The normalized spacial score (nSPS) is 30.7. The molecule has 15 heavy (non-hydrogen) atoms. The van der Waals surface area contributed by atoms with Gasteiger partial charge in [-0.1, -0.05) is 45.3 Å². The summed E-state index contributed by atoms with van der Waals surface area (Å²) >= 11 is 0. The summed E-state index contributed by atoms with van der Waals surface area (Å²) < 4.78 is 0. The van der Waals surface area contributed by atoms with Crippen LogP contribution in [0.4, 0.5) is 0 Å². The smallest absolute Gasteiger partial charge is 0.136 e. The van der Waals surface area contributed by atoms with Crippen LogP contribution in [0.25, 0.3) is 0 Å². The van der Waals surface area contributed by atoms with Crippen LogP contribution in [0.2, 0.25) is 0 Å². The SMILES string of the molecule is CC1C=CCCCCCCC(C)C(=O)C1. The van der Waals surface area contributed by atoms with Gasteiger partial charge in [-0.3, -0.25) is 4.79 Å². The van der Waals surface area contributed by atoms with Gasteiger partial charge < -0.3 is 0 Å². The van der Waals surface area contributed by atoms with E-state index in [-0.39, 0.29) is 5.92 Å². The van der Waals surface area contributed by atoms with E-state index in [1.807, 2.05) is 0 Å². The van der Waals surface area contributed by atoms with Crippen LogP contribution in [0.1, 0.15) is 58.8 Å². The molecule has 1 aliphatic carbocycles. The van der Waals surface area contributed by atoms with E-state index in [1.54, 1.807) is 0 Å². The number of carbonyl (C=O) groups excluding carboxylic acids is 1. The Kier molecular flexibility index (Phi) is 5.67. The zero-order valence-corrected chi connectivity index (χ0v) is 10.2. The summed E-state index contributed by atoms with van der Waals surface area (Å²) in [6.45, 7) is 4.23. The van der Waals surface area contributed by atoms with Crippen molar-refractivity contribution in [3.8, 4) is 0 Å². The van der Waals surface area contributed by atoms with E-state index in [0.29, 0.717) is 11.7 Å². The average molecular weight is 208 g/mol. The van der Waals surface area contributed by atoms with Gasteiger partial charge in [-0.2, -0.15) is 0 Å². The van der Waals surface area contributed by atoms with Crippen molar-refractivity contribution in [1.82, 2.24) is 0 Å². The van der Waals surface area contributed by atoms with Crippen LogP contribution in [0.15, 0.2) is 12.2 Å². The van der Waals surface area contributed by atoms with Crippen LogP contribution in [0.5, 0.6) is 0 Å². The largest absolute Gasteiger partial charge is 0.299 e. The number of ketones is 1. The van der Waals surface area contributed by atoms with Gasteiger partial charge in [0.2, 0.25) is 0 Å². The van der Waals surface area contributed by atoms with Crippen molar-refractivity contribution in [2.24, 2.45) is 11.8 Å². The molecule has 0 saturated carbocycles. The number of allylic oxidation sites excluding steroid dienone is 2. The summed E-state index contributed by atoms with van der Waals surface area (Å²) in [5.74, 6) is 1.16. The first-order valence-electron chi connectivity index (χ1n) is 6.39. The molecule has 1 aliphatic rings. The van der Waals surface area contributed by atoms with Crippen molar-refractivity contribution in [3.05, 3.63) is 12.2 Å². The molecule has 1 heteroatoms. The molecule has 2 unspecified atom stereocenters. The van der Waals surface area contributed by atoms with Gasteiger partial charge in [0.1, 0.15) is 5.78 Å². The topological polar surface area (TPSA) is 17.1 Å². The minimum absolute atomic E-state index is 0.278. The molecule has 0 aromatic rings. The summed E-state index contributed by atoms with van der Waals surface area (Å²) in [6.07, 6.45) is 12.6.